The van der Waals surface area contributed by atoms with Crippen molar-refractivity contribution < 1.29 is 4.74 Å². The maximum Gasteiger partial charge on any atom is 0.0626 e. The van der Waals surface area contributed by atoms with Crippen molar-refractivity contribution in [2.45, 2.75) is 65.0 Å². The van der Waals surface area contributed by atoms with Crippen LogP contribution in [0.4, 0.5) is 5.69 Å². The minimum Gasteiger partial charge on any atom is -0.399 e. The molecule has 23 heavy (non-hydrogen) atoms. The van der Waals surface area contributed by atoms with Gasteiger partial charge < -0.3 is 15.0 Å². The van der Waals surface area contributed by atoms with Gasteiger partial charge in [-0.3, -0.25) is 0 Å². The zero-order valence-corrected chi connectivity index (χ0v) is 15.1. The van der Waals surface area contributed by atoms with Crippen LogP contribution in [0, 0.1) is 5.92 Å². The number of anilines is 1. The van der Waals surface area contributed by atoms with Crippen molar-refractivity contribution in [2.75, 3.05) is 12.3 Å². The Bertz CT molecular complexity index is 696. The molecule has 0 bridgehead atoms. The van der Waals surface area contributed by atoms with E-state index in [4.69, 9.17) is 10.5 Å². The molecule has 0 spiro atoms. The van der Waals surface area contributed by atoms with E-state index in [1.807, 2.05) is 6.07 Å². The Hall–Kier alpha value is -1.48. The van der Waals surface area contributed by atoms with Gasteiger partial charge in [-0.05, 0) is 51.0 Å². The molecule has 1 aromatic heterocycles. The van der Waals surface area contributed by atoms with Gasteiger partial charge in [-0.25, -0.2) is 0 Å². The molecule has 0 unspecified atom stereocenters. The van der Waals surface area contributed by atoms with Gasteiger partial charge in [0.25, 0.3) is 0 Å². The quantitative estimate of drug-likeness (QED) is 0.814. The van der Waals surface area contributed by atoms with Gasteiger partial charge in [0.2, 0.25) is 0 Å². The first-order valence-electron chi connectivity index (χ1n) is 8.69. The summed E-state index contributed by atoms with van der Waals surface area (Å²) < 4.78 is 8.54. The van der Waals surface area contributed by atoms with Gasteiger partial charge in [0.05, 0.1) is 12.2 Å². The van der Waals surface area contributed by atoms with Crippen molar-refractivity contribution in [3.05, 3.63) is 30.0 Å². The summed E-state index contributed by atoms with van der Waals surface area (Å²) >= 11 is 0. The molecule has 126 valence electrons. The van der Waals surface area contributed by atoms with Crippen LogP contribution in [0.1, 0.15) is 53.2 Å². The molecule has 0 aliphatic carbocycles. The number of hydrogen-bond donors (Lipinski definition) is 1. The van der Waals surface area contributed by atoms with Crippen molar-refractivity contribution in [2.24, 2.45) is 5.92 Å². The highest BCUT2D eigenvalue weighted by Gasteiger charge is 2.29. The molecule has 3 rings (SSSR count). The normalized spacial score (nSPS) is 21.7. The summed E-state index contributed by atoms with van der Waals surface area (Å²) in [4.78, 5) is 0. The summed E-state index contributed by atoms with van der Waals surface area (Å²) in [7, 11) is 0. The zero-order chi connectivity index (χ0) is 16.8. The van der Waals surface area contributed by atoms with Gasteiger partial charge in [0, 0.05) is 40.2 Å². The number of benzene rings is 1. The van der Waals surface area contributed by atoms with E-state index in [1.165, 1.54) is 23.0 Å². The number of ether oxygens (including phenoxy) is 1. The van der Waals surface area contributed by atoms with Crippen LogP contribution in [0.25, 0.3) is 10.9 Å². The van der Waals surface area contributed by atoms with E-state index in [9.17, 15) is 0 Å². The summed E-state index contributed by atoms with van der Waals surface area (Å²) in [5.41, 5.74) is 9.62. The molecule has 1 saturated heterocycles. The van der Waals surface area contributed by atoms with Crippen molar-refractivity contribution in [3.8, 4) is 0 Å². The topological polar surface area (TPSA) is 40.2 Å². The number of nitrogen functional groups attached to an aromatic ring is 1. The van der Waals surface area contributed by atoms with Gasteiger partial charge in [-0.2, -0.15) is 0 Å². The van der Waals surface area contributed by atoms with Gasteiger partial charge in [0.15, 0.2) is 0 Å². The molecular formula is C20H30N2O. The van der Waals surface area contributed by atoms with E-state index in [-0.39, 0.29) is 11.0 Å². The Morgan fingerprint density at radius 3 is 2.61 bits per heavy atom. The smallest absolute Gasteiger partial charge is 0.0626 e. The third-order valence-corrected chi connectivity index (χ3v) is 5.00. The van der Waals surface area contributed by atoms with Gasteiger partial charge in [0.1, 0.15) is 0 Å². The van der Waals surface area contributed by atoms with E-state index in [1.54, 1.807) is 0 Å². The lowest BCUT2D eigenvalue weighted by Crippen LogP contribution is -2.35. The molecule has 0 radical (unpaired) electrons. The molecule has 1 fully saturated rings. The highest BCUT2D eigenvalue weighted by Crippen LogP contribution is 2.34. The average molecular weight is 314 g/mol. The molecular weight excluding hydrogens is 284 g/mol. The van der Waals surface area contributed by atoms with Crippen LogP contribution in [0.5, 0.6) is 0 Å². The fourth-order valence-electron chi connectivity index (χ4n) is 3.56. The number of fused-ring (bicyclic) bond motifs is 1. The van der Waals surface area contributed by atoms with E-state index in [0.717, 1.165) is 25.3 Å². The molecule has 0 saturated carbocycles. The maximum atomic E-state index is 6.05. The van der Waals surface area contributed by atoms with Crippen LogP contribution < -0.4 is 5.73 Å². The largest absolute Gasteiger partial charge is 0.399 e. The average Bonchev–Trinajstić information content (AvgIpc) is 2.79. The molecule has 1 aliphatic rings. The van der Waals surface area contributed by atoms with E-state index in [0.29, 0.717) is 5.92 Å². The van der Waals surface area contributed by atoms with Crippen molar-refractivity contribution in [3.63, 3.8) is 0 Å². The Morgan fingerprint density at radius 2 is 2.00 bits per heavy atom. The minimum absolute atomic E-state index is 0.0383. The summed E-state index contributed by atoms with van der Waals surface area (Å²) in [6, 6.07) is 8.56. The molecule has 0 amide bonds. The molecule has 3 heteroatoms. The van der Waals surface area contributed by atoms with Crippen molar-refractivity contribution in [1.82, 2.24) is 4.57 Å². The SMILES string of the molecule is CC1(C)CC[C@H](Cn2c(C(C)(C)C)cc3cc(N)ccc32)CO1. The molecule has 2 aromatic rings. The van der Waals surface area contributed by atoms with Crippen LogP contribution in [0.15, 0.2) is 24.3 Å². The minimum atomic E-state index is 0.0383. The lowest BCUT2D eigenvalue weighted by atomic mass is 9.90. The first-order valence-corrected chi connectivity index (χ1v) is 8.69. The predicted molar refractivity (Wildman–Crippen MR) is 97.8 cm³/mol. The third-order valence-electron chi connectivity index (χ3n) is 5.00. The number of aromatic nitrogens is 1. The molecule has 1 aliphatic heterocycles. The van der Waals surface area contributed by atoms with Crippen molar-refractivity contribution in [1.29, 1.82) is 0 Å². The summed E-state index contributed by atoms with van der Waals surface area (Å²) in [6.45, 7) is 13.1. The second-order valence-electron chi connectivity index (χ2n) is 8.68. The highest BCUT2D eigenvalue weighted by atomic mass is 16.5. The zero-order valence-electron chi connectivity index (χ0n) is 15.1. The first kappa shape index (κ1) is 16.4. The van der Waals surface area contributed by atoms with E-state index >= 15 is 0 Å². The van der Waals surface area contributed by atoms with Crippen LogP contribution in [-0.2, 0) is 16.7 Å². The lowest BCUT2D eigenvalue weighted by Gasteiger charge is -2.35. The number of nitrogens with zero attached hydrogens (tertiary/aromatic N) is 1. The van der Waals surface area contributed by atoms with E-state index < -0.39 is 0 Å². The van der Waals surface area contributed by atoms with Gasteiger partial charge in [-0.1, -0.05) is 20.8 Å². The third kappa shape index (κ3) is 3.40. The molecule has 3 nitrogen and oxygen atoms in total. The fraction of sp³-hybridized carbons (Fsp3) is 0.600. The number of rotatable bonds is 2. The summed E-state index contributed by atoms with van der Waals surface area (Å²) in [5, 5.41) is 1.24. The Labute approximate surface area is 139 Å². The second-order valence-corrected chi connectivity index (χ2v) is 8.68. The van der Waals surface area contributed by atoms with Crippen molar-refractivity contribution >= 4 is 16.6 Å². The highest BCUT2D eigenvalue weighted by molar-refractivity contribution is 5.84. The fourth-order valence-corrected chi connectivity index (χ4v) is 3.56. The molecule has 2 N–H and O–H groups in total. The van der Waals surface area contributed by atoms with Crippen LogP contribution in [0.2, 0.25) is 0 Å². The second kappa shape index (κ2) is 5.55. The van der Waals surface area contributed by atoms with Crippen LogP contribution in [0.3, 0.4) is 0 Å². The maximum absolute atomic E-state index is 6.05. The van der Waals surface area contributed by atoms with Crippen LogP contribution in [-0.4, -0.2) is 16.8 Å². The number of nitrogens with two attached hydrogens (primary N) is 1. The van der Waals surface area contributed by atoms with Crippen LogP contribution >= 0.6 is 0 Å². The predicted octanol–water partition coefficient (Wildman–Crippen LogP) is 4.73. The standard InChI is InChI=1S/C20H30N2O/c1-19(2,3)18-11-15-10-16(21)6-7-17(15)22(18)12-14-8-9-20(4,5)23-13-14/h6-7,10-11,14H,8-9,12-13,21H2,1-5H3/t14-/m1/s1. The Morgan fingerprint density at radius 1 is 1.26 bits per heavy atom. The van der Waals surface area contributed by atoms with Gasteiger partial charge in [-0.15, -0.1) is 0 Å². The summed E-state index contributed by atoms with van der Waals surface area (Å²) in [6.07, 6.45) is 2.36. The summed E-state index contributed by atoms with van der Waals surface area (Å²) in [5.74, 6) is 0.581. The monoisotopic (exact) mass is 314 g/mol. The number of hydrogen-bond acceptors (Lipinski definition) is 2. The lowest BCUT2D eigenvalue weighted by molar-refractivity contribution is -0.0793. The first-order chi connectivity index (χ1) is 10.7. The molecule has 1 aromatic carbocycles. The molecule has 1 atom stereocenters. The Kier molecular flexibility index (Phi) is 3.96. The van der Waals surface area contributed by atoms with E-state index in [2.05, 4.69) is 57.4 Å². The Balaban J connectivity index is 1.95. The molecule has 2 heterocycles. The van der Waals surface area contributed by atoms with Gasteiger partial charge >= 0.3 is 0 Å².